The van der Waals surface area contributed by atoms with Gasteiger partial charge in [0, 0.05) is 22.6 Å². The van der Waals surface area contributed by atoms with Gasteiger partial charge in [0.05, 0.1) is 7.05 Å². The van der Waals surface area contributed by atoms with E-state index in [9.17, 15) is 9.18 Å². The molecule has 4 rings (SSSR count). The number of halogens is 1. The largest absolute Gasteiger partial charge is 0.423 e. The van der Waals surface area contributed by atoms with Gasteiger partial charge in [-0.25, -0.2) is 9.18 Å². The molecule has 0 radical (unpaired) electrons. The van der Waals surface area contributed by atoms with Crippen LogP contribution in [0, 0.1) is 5.82 Å². The average Bonchev–Trinajstić information content (AvgIpc) is 2.63. The summed E-state index contributed by atoms with van der Waals surface area (Å²) in [5.74, 6) is -0.199. The Kier molecular flexibility index (Phi) is 4.27. The Balaban J connectivity index is 1.77. The summed E-state index contributed by atoms with van der Waals surface area (Å²) in [6.07, 6.45) is 0. The van der Waals surface area contributed by atoms with Gasteiger partial charge in [0.2, 0.25) is 0 Å². The van der Waals surface area contributed by atoms with Gasteiger partial charge >= 0.3 is 5.63 Å². The van der Waals surface area contributed by atoms with Crippen molar-refractivity contribution in [2.24, 2.45) is 0 Å². The van der Waals surface area contributed by atoms with Gasteiger partial charge in [0.25, 0.3) is 0 Å². The Morgan fingerprint density at radius 3 is 2.50 bits per heavy atom. The third kappa shape index (κ3) is 3.11. The molecule has 0 fully saturated rings. The molecule has 0 saturated heterocycles. The monoisotopic (exact) mass is 348 g/mol. The molecule has 1 heterocycles. The molecule has 0 aliphatic carbocycles. The molecule has 1 unspecified atom stereocenters. The molecule has 4 aromatic rings. The maximum atomic E-state index is 13.9. The molecule has 3 nitrogen and oxygen atoms in total. The molecule has 0 spiro atoms. The van der Waals surface area contributed by atoms with Crippen LogP contribution >= 0.6 is 0 Å². The van der Waals surface area contributed by atoms with E-state index in [1.54, 1.807) is 18.2 Å². The van der Waals surface area contributed by atoms with Crippen LogP contribution in [0.25, 0.3) is 21.7 Å². The van der Waals surface area contributed by atoms with Crippen molar-refractivity contribution in [2.75, 3.05) is 7.05 Å². The minimum atomic E-state index is -0.360. The van der Waals surface area contributed by atoms with Gasteiger partial charge in [-0.15, -0.1) is 0 Å². The maximum Gasteiger partial charge on any atom is 0.336 e. The van der Waals surface area contributed by atoms with E-state index in [-0.39, 0.29) is 11.4 Å². The number of benzene rings is 3. The molecule has 0 bridgehead atoms. The van der Waals surface area contributed by atoms with E-state index < -0.39 is 0 Å². The zero-order chi connectivity index (χ0) is 18.1. The lowest BCUT2D eigenvalue weighted by Gasteiger charge is -2.16. The minimum absolute atomic E-state index is 0.199. The topological polar surface area (TPSA) is 34.7 Å². The number of nitrogens with one attached hydrogen (secondary N) is 1. The first-order valence-corrected chi connectivity index (χ1v) is 8.61. The molecule has 26 heavy (non-hydrogen) atoms. The molecule has 1 N–H and O–H groups in total. The Morgan fingerprint density at radius 1 is 0.923 bits per heavy atom. The summed E-state index contributed by atoms with van der Waals surface area (Å²) in [6, 6.07) is 20.2. The number of hydrogen-bond donors (Lipinski definition) is 1. The average molecular weight is 348 g/mol. The highest BCUT2D eigenvalue weighted by atomic mass is 19.1. The van der Waals surface area contributed by atoms with Crippen LogP contribution in [-0.2, 0) is 13.1 Å². The second-order valence-corrected chi connectivity index (χ2v) is 6.65. The van der Waals surface area contributed by atoms with E-state index in [0.717, 1.165) is 26.6 Å². The molecule has 0 aliphatic rings. The Morgan fingerprint density at radius 2 is 1.65 bits per heavy atom. The van der Waals surface area contributed by atoms with Gasteiger partial charge in [-0.1, -0.05) is 48.5 Å². The van der Waals surface area contributed by atoms with Crippen molar-refractivity contribution in [3.63, 3.8) is 0 Å². The van der Waals surface area contributed by atoms with Crippen LogP contribution in [0.5, 0.6) is 0 Å². The third-order valence-corrected chi connectivity index (χ3v) is 4.66. The van der Waals surface area contributed by atoms with Crippen LogP contribution in [0.15, 0.2) is 75.9 Å². The van der Waals surface area contributed by atoms with E-state index >= 15 is 0 Å². The predicted octanol–water partition coefficient (Wildman–Crippen LogP) is 3.30. The van der Waals surface area contributed by atoms with Gasteiger partial charge in [-0.05, 0) is 22.9 Å². The highest BCUT2D eigenvalue weighted by Crippen LogP contribution is 2.27. The number of rotatable bonds is 4. The molecule has 1 atom stereocenters. The number of quaternary nitrogens is 1. The molecular weight excluding hydrogens is 329 g/mol. The standard InChI is InChI=1S/C22H18FNO2/c1-24(13-16-7-3-5-9-19(16)23)14-17-12-21(25)26-20-11-10-15-6-2-4-8-18(15)22(17)20/h2-12H,13-14H2,1H3/p+1. The van der Waals surface area contributed by atoms with E-state index in [1.807, 2.05) is 49.5 Å². The maximum absolute atomic E-state index is 13.9. The summed E-state index contributed by atoms with van der Waals surface area (Å²) in [7, 11) is 2.00. The third-order valence-electron chi connectivity index (χ3n) is 4.66. The van der Waals surface area contributed by atoms with E-state index in [0.29, 0.717) is 24.2 Å². The molecular formula is C22H19FNO2+. The lowest BCUT2D eigenvalue weighted by atomic mass is 10.0. The molecule has 0 amide bonds. The van der Waals surface area contributed by atoms with Crippen molar-refractivity contribution < 1.29 is 13.7 Å². The zero-order valence-corrected chi connectivity index (χ0v) is 14.5. The highest BCUT2D eigenvalue weighted by Gasteiger charge is 2.14. The predicted molar refractivity (Wildman–Crippen MR) is 101 cm³/mol. The van der Waals surface area contributed by atoms with Gasteiger partial charge in [-0.3, -0.25) is 0 Å². The van der Waals surface area contributed by atoms with Crippen molar-refractivity contribution in [2.45, 2.75) is 13.1 Å². The summed E-state index contributed by atoms with van der Waals surface area (Å²) in [4.78, 5) is 13.1. The second-order valence-electron chi connectivity index (χ2n) is 6.65. The van der Waals surface area contributed by atoms with Crippen LogP contribution in [0.3, 0.4) is 0 Å². The fourth-order valence-electron chi connectivity index (χ4n) is 3.51. The van der Waals surface area contributed by atoms with E-state index in [2.05, 4.69) is 0 Å². The van der Waals surface area contributed by atoms with E-state index in [1.165, 1.54) is 6.07 Å². The lowest BCUT2D eigenvalue weighted by molar-refractivity contribution is -0.907. The van der Waals surface area contributed by atoms with Crippen LogP contribution < -0.4 is 10.5 Å². The van der Waals surface area contributed by atoms with Gasteiger partial charge in [-0.2, -0.15) is 0 Å². The Hall–Kier alpha value is -2.98. The van der Waals surface area contributed by atoms with Crippen molar-refractivity contribution in [3.05, 3.63) is 94.1 Å². The molecule has 0 aliphatic heterocycles. The first kappa shape index (κ1) is 16.5. The molecule has 0 saturated carbocycles. The molecule has 1 aromatic heterocycles. The van der Waals surface area contributed by atoms with Crippen molar-refractivity contribution in [1.82, 2.24) is 0 Å². The quantitative estimate of drug-likeness (QED) is 0.454. The SMILES string of the molecule is C[NH+](Cc1ccccc1F)Cc1cc(=O)oc2ccc3ccccc3c12. The summed E-state index contributed by atoms with van der Waals surface area (Å²) >= 11 is 0. The zero-order valence-electron chi connectivity index (χ0n) is 14.5. The normalized spacial score (nSPS) is 12.5. The summed E-state index contributed by atoms with van der Waals surface area (Å²) < 4.78 is 19.3. The molecule has 130 valence electrons. The lowest BCUT2D eigenvalue weighted by Crippen LogP contribution is -3.06. The van der Waals surface area contributed by atoms with Crippen molar-refractivity contribution in [1.29, 1.82) is 0 Å². The van der Waals surface area contributed by atoms with E-state index in [4.69, 9.17) is 4.42 Å². The highest BCUT2D eigenvalue weighted by molar-refractivity contribution is 6.06. The van der Waals surface area contributed by atoms with Crippen molar-refractivity contribution >= 4 is 21.7 Å². The Bertz CT molecular complexity index is 1150. The van der Waals surface area contributed by atoms with Crippen LogP contribution in [0.2, 0.25) is 0 Å². The van der Waals surface area contributed by atoms with Gasteiger partial charge in [0.1, 0.15) is 24.5 Å². The minimum Gasteiger partial charge on any atom is -0.423 e. The first-order chi connectivity index (χ1) is 12.6. The number of hydrogen-bond acceptors (Lipinski definition) is 2. The fraction of sp³-hybridized carbons (Fsp3) is 0.136. The van der Waals surface area contributed by atoms with Gasteiger partial charge < -0.3 is 9.32 Å². The van der Waals surface area contributed by atoms with Crippen LogP contribution in [-0.4, -0.2) is 7.05 Å². The van der Waals surface area contributed by atoms with Crippen LogP contribution in [0.4, 0.5) is 4.39 Å². The second kappa shape index (κ2) is 6.73. The summed E-state index contributed by atoms with van der Waals surface area (Å²) in [5, 5.41) is 3.11. The summed E-state index contributed by atoms with van der Waals surface area (Å²) in [5.41, 5.74) is 1.82. The van der Waals surface area contributed by atoms with Crippen LogP contribution in [0.1, 0.15) is 11.1 Å². The van der Waals surface area contributed by atoms with Crippen molar-refractivity contribution in [3.8, 4) is 0 Å². The number of fused-ring (bicyclic) bond motifs is 3. The Labute approximate surface area is 150 Å². The molecule has 3 aromatic carbocycles. The molecule has 4 heteroatoms. The fourth-order valence-corrected chi connectivity index (χ4v) is 3.51. The summed E-state index contributed by atoms with van der Waals surface area (Å²) in [6.45, 7) is 1.14. The first-order valence-electron chi connectivity index (χ1n) is 8.61. The van der Waals surface area contributed by atoms with Gasteiger partial charge in [0.15, 0.2) is 0 Å². The smallest absolute Gasteiger partial charge is 0.336 e.